The van der Waals surface area contributed by atoms with Crippen molar-refractivity contribution in [2.24, 2.45) is 0 Å². The van der Waals surface area contributed by atoms with Crippen molar-refractivity contribution < 1.29 is 0 Å². The molecule has 14 heavy (non-hydrogen) atoms. The summed E-state index contributed by atoms with van der Waals surface area (Å²) in [6.45, 7) is 0. The molecule has 0 N–H and O–H groups in total. The largest absolute Gasteiger partial charge is 0.507 e. The lowest BCUT2D eigenvalue weighted by atomic mass is 10.1. The Bertz CT molecular complexity index is 412. The van der Waals surface area contributed by atoms with Crippen LogP contribution in [0.25, 0.3) is 11.1 Å². The fourth-order valence-corrected chi connectivity index (χ4v) is 3.69. The summed E-state index contributed by atoms with van der Waals surface area (Å²) in [5, 5.41) is 0. The molecule has 2 rings (SSSR count). The Morgan fingerprint density at radius 2 is 1.43 bits per heavy atom. The number of benzene rings is 2. The summed E-state index contributed by atoms with van der Waals surface area (Å²) >= 11 is 3.38. The van der Waals surface area contributed by atoms with E-state index in [1.807, 2.05) is 0 Å². The molecule has 0 bridgehead atoms. The lowest BCUT2D eigenvalue weighted by molar-refractivity contribution is 1.65. The van der Waals surface area contributed by atoms with Crippen molar-refractivity contribution in [1.82, 2.24) is 0 Å². The van der Waals surface area contributed by atoms with Crippen LogP contribution in [0.3, 0.4) is 0 Å². The average Bonchev–Trinajstić information content (AvgIpc) is 2.30. The van der Waals surface area contributed by atoms with Crippen LogP contribution >= 0.6 is 12.9 Å². The highest BCUT2D eigenvalue weighted by Crippen LogP contribution is 2.16. The summed E-state index contributed by atoms with van der Waals surface area (Å²) in [4.78, 5) is 0. The van der Waals surface area contributed by atoms with Crippen LogP contribution < -0.4 is 3.69 Å². The Hall–Kier alpha value is -0.314. The van der Waals surface area contributed by atoms with Gasteiger partial charge in [0.2, 0.25) is 0 Å². The summed E-state index contributed by atoms with van der Waals surface area (Å²) in [5.74, 6) is 0. The highest BCUT2D eigenvalue weighted by molar-refractivity contribution is 9.23. The molecule has 0 atom stereocenters. The Morgan fingerprint density at radius 1 is 0.786 bits per heavy atom. The number of rotatable bonds is 2. The molecule has 0 aliphatic rings. The quantitative estimate of drug-likeness (QED) is 0.726. The third kappa shape index (κ3) is 2.19. The zero-order chi connectivity index (χ0) is 9.80. The lowest BCUT2D eigenvalue weighted by Gasteiger charge is -2.06. The molecule has 0 aliphatic heterocycles. The minimum atomic E-state index is -0.269. The summed E-state index contributed by atoms with van der Waals surface area (Å²) in [5.41, 5.74) is 2.69. The Morgan fingerprint density at radius 3 is 2.14 bits per heavy atom. The summed E-state index contributed by atoms with van der Waals surface area (Å²) in [6.07, 6.45) is 0. The van der Waals surface area contributed by atoms with Crippen LogP contribution in [0.2, 0.25) is 0 Å². The van der Waals surface area contributed by atoms with Gasteiger partial charge in [-0.05, 0) is 11.1 Å². The molecule has 2 aromatic rings. The maximum absolute atomic E-state index is 3.64. The first-order chi connectivity index (χ1) is 6.92. The molecule has 0 heterocycles. The van der Waals surface area contributed by atoms with Gasteiger partial charge < -0.3 is 0 Å². The molecule has 66 valence electrons. The van der Waals surface area contributed by atoms with Crippen LogP contribution in [-0.4, -0.2) is 18.2 Å². The van der Waals surface area contributed by atoms with Gasteiger partial charge >= 0.3 is 18.2 Å². The third-order valence-electron chi connectivity index (χ3n) is 2.25. The summed E-state index contributed by atoms with van der Waals surface area (Å²) in [7, 11) is 0. The van der Waals surface area contributed by atoms with Crippen LogP contribution in [0.5, 0.6) is 0 Å². The summed E-state index contributed by atoms with van der Waals surface area (Å²) < 4.78 is 1.47. The van der Waals surface area contributed by atoms with E-state index in [2.05, 4.69) is 67.5 Å². The maximum Gasteiger partial charge on any atom is 0.507 e. The second-order valence-electron chi connectivity index (χ2n) is 3.16. The molecule has 2 aromatic carbocycles. The molecule has 0 aromatic heterocycles. The van der Waals surface area contributed by atoms with E-state index >= 15 is 0 Å². The van der Waals surface area contributed by atoms with Crippen molar-refractivity contribution in [3.05, 3.63) is 54.6 Å². The standard InChI is InChI=1S/C12H9.BrH.Mg/c1-3-7-11(8-4-1)12-9-5-2-6-10-12;;/h1-9H;1H;/q;;+1/p-1. The molecule has 0 aliphatic carbocycles. The molecule has 0 unspecified atom stereocenters. The van der Waals surface area contributed by atoms with Crippen LogP contribution in [0.1, 0.15) is 0 Å². The highest BCUT2D eigenvalue weighted by Gasteiger charge is 2.03. The SMILES string of the molecule is [Br][Mg][c]1ccccc1-c1ccccc1. The predicted molar refractivity (Wildman–Crippen MR) is 66.2 cm³/mol. The first kappa shape index (κ1) is 10.2. The van der Waals surface area contributed by atoms with Crippen LogP contribution in [0, 0.1) is 0 Å². The zero-order valence-electron chi connectivity index (χ0n) is 7.78. The molecule has 0 spiro atoms. The van der Waals surface area contributed by atoms with Gasteiger partial charge in [0, 0.05) is 0 Å². The van der Waals surface area contributed by atoms with Gasteiger partial charge in [-0.15, -0.1) is 3.69 Å². The van der Waals surface area contributed by atoms with Gasteiger partial charge in [-0.2, -0.15) is 0 Å². The second kappa shape index (κ2) is 4.96. The van der Waals surface area contributed by atoms with Gasteiger partial charge in [0.05, 0.1) is 0 Å². The monoisotopic (exact) mass is 256 g/mol. The first-order valence-electron chi connectivity index (χ1n) is 4.61. The van der Waals surface area contributed by atoms with Gasteiger partial charge in [0.15, 0.2) is 0 Å². The second-order valence-corrected chi connectivity index (χ2v) is 5.87. The smallest absolute Gasteiger partial charge is 0.296 e. The van der Waals surface area contributed by atoms with E-state index in [0.29, 0.717) is 0 Å². The molecular weight excluding hydrogens is 248 g/mol. The Kier molecular flexibility index (Phi) is 3.62. The van der Waals surface area contributed by atoms with Crippen LogP contribution in [0.4, 0.5) is 0 Å². The van der Waals surface area contributed by atoms with Gasteiger partial charge in [-0.1, -0.05) is 54.6 Å². The molecule has 0 saturated heterocycles. The highest BCUT2D eigenvalue weighted by atomic mass is 79.9. The van der Waals surface area contributed by atoms with E-state index < -0.39 is 0 Å². The van der Waals surface area contributed by atoms with Gasteiger partial charge in [0.1, 0.15) is 0 Å². The Labute approximate surface area is 99.9 Å². The topological polar surface area (TPSA) is 0 Å². The van der Waals surface area contributed by atoms with Gasteiger partial charge in [-0.25, -0.2) is 0 Å². The third-order valence-corrected chi connectivity index (χ3v) is 4.96. The van der Waals surface area contributed by atoms with E-state index in [9.17, 15) is 0 Å². The van der Waals surface area contributed by atoms with E-state index in [1.54, 1.807) is 0 Å². The molecular formula is C12H9BrMg. The zero-order valence-corrected chi connectivity index (χ0v) is 10.8. The van der Waals surface area contributed by atoms with E-state index in [4.69, 9.17) is 0 Å². The first-order valence-corrected chi connectivity index (χ1v) is 9.21. The fourth-order valence-electron chi connectivity index (χ4n) is 1.54. The molecule has 0 nitrogen and oxygen atoms in total. The van der Waals surface area contributed by atoms with Crippen molar-refractivity contribution in [2.75, 3.05) is 0 Å². The van der Waals surface area contributed by atoms with Crippen molar-refractivity contribution in [1.29, 1.82) is 0 Å². The normalized spacial score (nSPS) is 9.50. The van der Waals surface area contributed by atoms with Crippen molar-refractivity contribution >= 4 is 34.8 Å². The molecule has 0 saturated carbocycles. The lowest BCUT2D eigenvalue weighted by Crippen LogP contribution is -2.10. The van der Waals surface area contributed by atoms with E-state index in [1.165, 1.54) is 14.8 Å². The molecule has 2 heteroatoms. The Balaban J connectivity index is 2.51. The van der Waals surface area contributed by atoms with Crippen molar-refractivity contribution in [3.8, 4) is 11.1 Å². The summed E-state index contributed by atoms with van der Waals surface area (Å²) in [6, 6.07) is 19.2. The molecule has 0 amide bonds. The van der Waals surface area contributed by atoms with E-state index in [0.717, 1.165) is 0 Å². The number of hydrogen-bond acceptors (Lipinski definition) is 0. The van der Waals surface area contributed by atoms with E-state index in [-0.39, 0.29) is 18.2 Å². The predicted octanol–water partition coefficient (Wildman–Crippen LogP) is 2.99. The van der Waals surface area contributed by atoms with Crippen molar-refractivity contribution in [3.63, 3.8) is 0 Å². The number of hydrogen-bond donors (Lipinski definition) is 0. The molecule has 0 radical (unpaired) electrons. The molecule has 0 fully saturated rings. The minimum absolute atomic E-state index is 0.269. The average molecular weight is 257 g/mol. The van der Waals surface area contributed by atoms with Gasteiger partial charge in [-0.3, -0.25) is 12.9 Å². The van der Waals surface area contributed by atoms with Crippen molar-refractivity contribution in [2.45, 2.75) is 0 Å². The minimum Gasteiger partial charge on any atom is -0.296 e. The maximum atomic E-state index is 3.64. The van der Waals surface area contributed by atoms with Crippen LogP contribution in [0.15, 0.2) is 54.6 Å². The van der Waals surface area contributed by atoms with Crippen LogP contribution in [-0.2, 0) is 0 Å². The number of halogens is 1. The van der Waals surface area contributed by atoms with Gasteiger partial charge in [0.25, 0.3) is 0 Å². The fraction of sp³-hybridized carbons (Fsp3) is 0.